The summed E-state index contributed by atoms with van der Waals surface area (Å²) in [4.78, 5) is 12.7. The maximum atomic E-state index is 12.8. The Kier molecular flexibility index (Phi) is 5.03. The van der Waals surface area contributed by atoms with Crippen molar-refractivity contribution in [1.29, 1.82) is 0 Å². The SMILES string of the molecule is O=C(Nc1ccccc1)[C@@H]1CCCN1S(=O)(=O)c1ccc(Br)cc1. The molecule has 1 fully saturated rings. The van der Waals surface area contributed by atoms with E-state index in [-0.39, 0.29) is 10.8 Å². The fourth-order valence-corrected chi connectivity index (χ4v) is 4.70. The van der Waals surface area contributed by atoms with E-state index in [2.05, 4.69) is 21.2 Å². The van der Waals surface area contributed by atoms with Gasteiger partial charge in [-0.15, -0.1) is 0 Å². The molecule has 1 aliphatic heterocycles. The third-order valence-corrected chi connectivity index (χ3v) is 6.42. The first-order chi connectivity index (χ1) is 11.5. The van der Waals surface area contributed by atoms with E-state index in [4.69, 9.17) is 0 Å². The number of hydrogen-bond donors (Lipinski definition) is 1. The van der Waals surface area contributed by atoms with Gasteiger partial charge in [-0.2, -0.15) is 4.31 Å². The van der Waals surface area contributed by atoms with E-state index in [0.29, 0.717) is 25.1 Å². The number of nitrogens with zero attached hydrogens (tertiary/aromatic N) is 1. The van der Waals surface area contributed by atoms with Crippen LogP contribution in [0.3, 0.4) is 0 Å². The first kappa shape index (κ1) is 17.1. The van der Waals surface area contributed by atoms with Crippen molar-refractivity contribution >= 4 is 37.5 Å². The Morgan fingerprint density at radius 1 is 1.08 bits per heavy atom. The van der Waals surface area contributed by atoms with Gasteiger partial charge in [0.2, 0.25) is 15.9 Å². The van der Waals surface area contributed by atoms with Crippen LogP contribution in [0.15, 0.2) is 64.0 Å². The Bertz CT molecular complexity index is 823. The molecule has 0 aromatic heterocycles. The highest BCUT2D eigenvalue weighted by Crippen LogP contribution is 2.27. The highest BCUT2D eigenvalue weighted by Gasteiger charge is 2.39. The summed E-state index contributed by atoms with van der Waals surface area (Å²) < 4.78 is 27.8. The molecule has 126 valence electrons. The van der Waals surface area contributed by atoms with Crippen molar-refractivity contribution in [2.75, 3.05) is 11.9 Å². The number of amides is 1. The molecule has 0 unspecified atom stereocenters. The zero-order chi connectivity index (χ0) is 17.2. The topological polar surface area (TPSA) is 66.5 Å². The molecule has 0 aliphatic carbocycles. The summed E-state index contributed by atoms with van der Waals surface area (Å²) in [5.74, 6) is -0.292. The van der Waals surface area contributed by atoms with Gasteiger partial charge in [-0.05, 0) is 49.2 Å². The molecule has 1 saturated heterocycles. The van der Waals surface area contributed by atoms with Crippen molar-refractivity contribution in [2.24, 2.45) is 0 Å². The van der Waals surface area contributed by atoms with E-state index in [1.54, 1.807) is 36.4 Å². The fourth-order valence-electron chi connectivity index (χ4n) is 2.78. The molecule has 1 N–H and O–H groups in total. The number of rotatable bonds is 4. The summed E-state index contributed by atoms with van der Waals surface area (Å²) >= 11 is 3.30. The second-order valence-corrected chi connectivity index (χ2v) is 8.39. The van der Waals surface area contributed by atoms with Gasteiger partial charge < -0.3 is 5.32 Å². The third kappa shape index (κ3) is 3.53. The first-order valence-electron chi connectivity index (χ1n) is 7.62. The van der Waals surface area contributed by atoms with Crippen LogP contribution in [0.1, 0.15) is 12.8 Å². The average Bonchev–Trinajstić information content (AvgIpc) is 3.07. The summed E-state index contributed by atoms with van der Waals surface area (Å²) in [6.45, 7) is 0.352. The highest BCUT2D eigenvalue weighted by molar-refractivity contribution is 9.10. The lowest BCUT2D eigenvalue weighted by molar-refractivity contribution is -0.119. The van der Waals surface area contributed by atoms with Crippen molar-refractivity contribution < 1.29 is 13.2 Å². The summed E-state index contributed by atoms with van der Waals surface area (Å²) in [6, 6.07) is 14.8. The summed E-state index contributed by atoms with van der Waals surface area (Å²) in [5.41, 5.74) is 0.662. The number of para-hydroxylation sites is 1. The van der Waals surface area contributed by atoms with Crippen LogP contribution >= 0.6 is 15.9 Å². The van der Waals surface area contributed by atoms with Crippen LogP contribution < -0.4 is 5.32 Å². The molecular formula is C17H17BrN2O3S. The van der Waals surface area contributed by atoms with E-state index >= 15 is 0 Å². The van der Waals surface area contributed by atoms with Crippen molar-refractivity contribution in [3.63, 3.8) is 0 Å². The average molecular weight is 409 g/mol. The second kappa shape index (κ2) is 7.04. The van der Waals surface area contributed by atoms with E-state index in [0.717, 1.165) is 4.47 Å². The van der Waals surface area contributed by atoms with Crippen LogP contribution in [0.4, 0.5) is 5.69 Å². The molecular weight excluding hydrogens is 392 g/mol. The summed E-state index contributed by atoms with van der Waals surface area (Å²) in [5, 5.41) is 2.79. The molecule has 5 nitrogen and oxygen atoms in total. The number of nitrogens with one attached hydrogen (secondary N) is 1. The van der Waals surface area contributed by atoms with Crippen molar-refractivity contribution in [1.82, 2.24) is 4.31 Å². The largest absolute Gasteiger partial charge is 0.325 e. The minimum atomic E-state index is -3.69. The highest BCUT2D eigenvalue weighted by atomic mass is 79.9. The lowest BCUT2D eigenvalue weighted by Crippen LogP contribution is -2.43. The smallest absolute Gasteiger partial charge is 0.243 e. The second-order valence-electron chi connectivity index (χ2n) is 5.58. The number of halogens is 1. The number of carbonyl (C=O) groups excluding carboxylic acids is 1. The molecule has 7 heteroatoms. The van der Waals surface area contributed by atoms with Crippen LogP contribution in [-0.4, -0.2) is 31.2 Å². The van der Waals surface area contributed by atoms with Gasteiger partial charge in [0.25, 0.3) is 0 Å². The lowest BCUT2D eigenvalue weighted by Gasteiger charge is -2.23. The molecule has 0 saturated carbocycles. The first-order valence-corrected chi connectivity index (χ1v) is 9.85. The zero-order valence-corrected chi connectivity index (χ0v) is 15.3. The van der Waals surface area contributed by atoms with Crippen molar-refractivity contribution in [2.45, 2.75) is 23.8 Å². The van der Waals surface area contributed by atoms with Crippen molar-refractivity contribution in [3.05, 3.63) is 59.1 Å². The van der Waals surface area contributed by atoms with Crippen molar-refractivity contribution in [3.8, 4) is 0 Å². The van der Waals surface area contributed by atoms with Gasteiger partial charge in [-0.3, -0.25) is 4.79 Å². The Balaban J connectivity index is 1.82. The van der Waals surface area contributed by atoms with Gasteiger partial charge >= 0.3 is 0 Å². The molecule has 0 bridgehead atoms. The molecule has 1 atom stereocenters. The molecule has 0 spiro atoms. The monoisotopic (exact) mass is 408 g/mol. The standard InChI is InChI=1S/C17H17BrN2O3S/c18-13-8-10-15(11-9-13)24(22,23)20-12-4-7-16(20)17(21)19-14-5-2-1-3-6-14/h1-3,5-6,8-11,16H,4,7,12H2,(H,19,21)/t16-/m0/s1. The number of hydrogen-bond acceptors (Lipinski definition) is 3. The number of carbonyl (C=O) groups is 1. The molecule has 1 heterocycles. The van der Waals surface area contributed by atoms with Crippen LogP contribution in [0.5, 0.6) is 0 Å². The van der Waals surface area contributed by atoms with Gasteiger partial charge in [0.1, 0.15) is 6.04 Å². The molecule has 1 amide bonds. The lowest BCUT2D eigenvalue weighted by atomic mass is 10.2. The van der Waals surface area contributed by atoms with Gasteiger partial charge in [0.15, 0.2) is 0 Å². The molecule has 2 aromatic carbocycles. The van der Waals surface area contributed by atoms with Crippen LogP contribution in [0.25, 0.3) is 0 Å². The Morgan fingerprint density at radius 3 is 2.42 bits per heavy atom. The minimum Gasteiger partial charge on any atom is -0.325 e. The van der Waals surface area contributed by atoms with E-state index in [9.17, 15) is 13.2 Å². The Morgan fingerprint density at radius 2 is 1.75 bits per heavy atom. The van der Waals surface area contributed by atoms with Gasteiger partial charge in [0, 0.05) is 16.7 Å². The molecule has 1 aliphatic rings. The maximum absolute atomic E-state index is 12.8. The maximum Gasteiger partial charge on any atom is 0.243 e. The predicted octanol–water partition coefficient (Wildman–Crippen LogP) is 3.24. The summed E-state index contributed by atoms with van der Waals surface area (Å²) in [6.07, 6.45) is 1.19. The third-order valence-electron chi connectivity index (χ3n) is 3.97. The number of anilines is 1. The molecule has 2 aromatic rings. The number of benzene rings is 2. The quantitative estimate of drug-likeness (QED) is 0.843. The van der Waals surface area contributed by atoms with Crippen LogP contribution in [0.2, 0.25) is 0 Å². The van der Waals surface area contributed by atoms with Gasteiger partial charge in [-0.25, -0.2) is 8.42 Å². The van der Waals surface area contributed by atoms with E-state index in [1.165, 1.54) is 4.31 Å². The van der Waals surface area contributed by atoms with Gasteiger partial charge in [-0.1, -0.05) is 34.1 Å². The van der Waals surface area contributed by atoms with Gasteiger partial charge in [0.05, 0.1) is 4.90 Å². The van der Waals surface area contributed by atoms with E-state index in [1.807, 2.05) is 18.2 Å². The zero-order valence-electron chi connectivity index (χ0n) is 12.9. The normalized spacial score (nSPS) is 18.5. The molecule has 24 heavy (non-hydrogen) atoms. The fraction of sp³-hybridized carbons (Fsp3) is 0.235. The molecule has 3 rings (SSSR count). The Labute approximate surface area is 149 Å². The predicted molar refractivity (Wildman–Crippen MR) is 96.1 cm³/mol. The Hall–Kier alpha value is -1.70. The van der Waals surface area contributed by atoms with E-state index < -0.39 is 16.1 Å². The minimum absolute atomic E-state index is 0.199. The van der Waals surface area contributed by atoms with Crippen LogP contribution in [-0.2, 0) is 14.8 Å². The summed E-state index contributed by atoms with van der Waals surface area (Å²) in [7, 11) is -3.69. The number of sulfonamides is 1. The molecule has 0 radical (unpaired) electrons. The van der Waals surface area contributed by atoms with Crippen LogP contribution in [0, 0.1) is 0 Å².